The minimum absolute atomic E-state index is 0.00101. The molecule has 2 N–H and O–H groups in total. The van der Waals surface area contributed by atoms with E-state index in [9.17, 15) is 19.7 Å². The molecule has 2 aromatic carbocycles. The molecule has 1 aliphatic carbocycles. The highest BCUT2D eigenvalue weighted by atomic mass is 16.6. The highest BCUT2D eigenvalue weighted by molar-refractivity contribution is 6.08. The number of benzene rings is 2. The molecule has 3 aromatic rings. The number of aryl methyl sites for hydroxylation is 1. The van der Waals surface area contributed by atoms with Gasteiger partial charge in [-0.2, -0.15) is 5.10 Å². The molecule has 0 unspecified atom stereocenters. The number of anilines is 2. The number of hydrogen-bond donors (Lipinski definition) is 2. The summed E-state index contributed by atoms with van der Waals surface area (Å²) in [7, 11) is 0. The fourth-order valence-electron chi connectivity index (χ4n) is 4.80. The highest BCUT2D eigenvalue weighted by Crippen LogP contribution is 2.46. The number of rotatable bonds is 4. The Morgan fingerprint density at radius 2 is 1.83 bits per heavy atom. The minimum atomic E-state index is -0.591. The summed E-state index contributed by atoms with van der Waals surface area (Å²) in [5, 5.41) is 21.9. The maximum atomic E-state index is 13.3. The summed E-state index contributed by atoms with van der Waals surface area (Å²) in [6.07, 6.45) is 2.49. The zero-order chi connectivity index (χ0) is 24.9. The Kier molecular flexibility index (Phi) is 5.27. The molecule has 0 spiro atoms. The fourth-order valence-corrected chi connectivity index (χ4v) is 4.80. The summed E-state index contributed by atoms with van der Waals surface area (Å²) in [4.78, 5) is 37.2. The van der Waals surface area contributed by atoms with E-state index in [4.69, 9.17) is 0 Å². The van der Waals surface area contributed by atoms with Gasteiger partial charge < -0.3 is 10.6 Å². The molecule has 0 saturated carbocycles. The van der Waals surface area contributed by atoms with Crippen LogP contribution >= 0.6 is 0 Å². The molecular formula is C26H25N5O4. The maximum absolute atomic E-state index is 13.3. The number of allylic oxidation sites excluding steroid dienone is 2. The lowest BCUT2D eigenvalue weighted by molar-refractivity contribution is -0.384. The first kappa shape index (κ1) is 22.5. The van der Waals surface area contributed by atoms with E-state index in [-0.39, 0.29) is 22.8 Å². The van der Waals surface area contributed by atoms with Gasteiger partial charge >= 0.3 is 0 Å². The molecule has 1 atom stereocenters. The molecule has 0 saturated heterocycles. The van der Waals surface area contributed by atoms with E-state index >= 15 is 0 Å². The predicted octanol–water partition coefficient (Wildman–Crippen LogP) is 5.01. The molecule has 2 heterocycles. The van der Waals surface area contributed by atoms with Crippen molar-refractivity contribution < 1.29 is 14.5 Å². The summed E-state index contributed by atoms with van der Waals surface area (Å²) in [5.41, 5.74) is 3.85. The first-order valence-corrected chi connectivity index (χ1v) is 11.4. The Labute approximate surface area is 202 Å². The molecule has 1 aliphatic heterocycles. The van der Waals surface area contributed by atoms with Crippen LogP contribution in [0, 0.1) is 22.5 Å². The molecule has 1 amide bonds. The third-order valence-electron chi connectivity index (χ3n) is 6.48. The molecule has 0 bridgehead atoms. The van der Waals surface area contributed by atoms with E-state index in [0.29, 0.717) is 41.0 Å². The van der Waals surface area contributed by atoms with Crippen molar-refractivity contribution in [3.8, 4) is 0 Å². The predicted molar refractivity (Wildman–Crippen MR) is 131 cm³/mol. The normalized spacial score (nSPS) is 18.4. The van der Waals surface area contributed by atoms with E-state index in [2.05, 4.69) is 15.7 Å². The summed E-state index contributed by atoms with van der Waals surface area (Å²) in [6.45, 7) is 6.04. The van der Waals surface area contributed by atoms with E-state index < -0.39 is 11.0 Å². The van der Waals surface area contributed by atoms with Crippen molar-refractivity contribution in [1.29, 1.82) is 0 Å². The SMILES string of the molecule is Cc1ccc(NC(=O)c2cnn3c2NC2=C(C(=O)CC(C)(C)C2)[C@@H]3c2ccc([N+](=O)[O-])cc2)cc1. The van der Waals surface area contributed by atoms with Crippen LogP contribution in [0.4, 0.5) is 17.2 Å². The van der Waals surface area contributed by atoms with Crippen LogP contribution in [-0.4, -0.2) is 26.4 Å². The number of nitro benzene ring substituents is 1. The van der Waals surface area contributed by atoms with Gasteiger partial charge in [0.15, 0.2) is 5.78 Å². The molecule has 178 valence electrons. The summed E-state index contributed by atoms with van der Waals surface area (Å²) in [6, 6.07) is 13.0. The number of nitro groups is 1. The Morgan fingerprint density at radius 3 is 2.49 bits per heavy atom. The molecule has 2 aliphatic rings. The molecule has 0 radical (unpaired) electrons. The third kappa shape index (κ3) is 4.09. The van der Waals surface area contributed by atoms with Gasteiger partial charge in [-0.25, -0.2) is 4.68 Å². The first-order valence-electron chi connectivity index (χ1n) is 11.4. The van der Waals surface area contributed by atoms with Gasteiger partial charge in [-0.15, -0.1) is 0 Å². The fraction of sp³-hybridized carbons (Fsp3) is 0.269. The topological polar surface area (TPSA) is 119 Å². The largest absolute Gasteiger partial charge is 0.343 e. The second-order valence-electron chi connectivity index (χ2n) is 9.88. The van der Waals surface area contributed by atoms with Crippen molar-refractivity contribution in [1.82, 2.24) is 9.78 Å². The first-order chi connectivity index (χ1) is 16.6. The number of Topliss-reactive ketones (excluding diaryl/α,β-unsaturated/α-hetero) is 1. The lowest BCUT2D eigenvalue weighted by Gasteiger charge is -2.39. The molecule has 1 aromatic heterocycles. The lowest BCUT2D eigenvalue weighted by atomic mass is 9.73. The molecule has 9 nitrogen and oxygen atoms in total. The zero-order valence-corrected chi connectivity index (χ0v) is 19.7. The number of ketones is 1. The number of hydrogen-bond acceptors (Lipinski definition) is 6. The average molecular weight is 472 g/mol. The van der Waals surface area contributed by atoms with Crippen LogP contribution in [0.1, 0.15) is 54.2 Å². The number of nitrogens with zero attached hydrogens (tertiary/aromatic N) is 3. The number of non-ortho nitro benzene ring substituents is 1. The van der Waals surface area contributed by atoms with Gasteiger partial charge in [0.05, 0.1) is 11.1 Å². The number of fused-ring (bicyclic) bond motifs is 1. The second-order valence-corrected chi connectivity index (χ2v) is 9.88. The van der Waals surface area contributed by atoms with Crippen LogP contribution in [0.5, 0.6) is 0 Å². The maximum Gasteiger partial charge on any atom is 0.269 e. The Balaban J connectivity index is 1.58. The smallest absolute Gasteiger partial charge is 0.269 e. The van der Waals surface area contributed by atoms with Crippen LogP contribution in [-0.2, 0) is 4.79 Å². The van der Waals surface area contributed by atoms with Crippen LogP contribution in [0.25, 0.3) is 0 Å². The van der Waals surface area contributed by atoms with E-state index in [1.165, 1.54) is 18.3 Å². The van der Waals surface area contributed by atoms with Gasteiger partial charge in [0.1, 0.15) is 17.4 Å². The van der Waals surface area contributed by atoms with Gasteiger partial charge in [0.25, 0.3) is 11.6 Å². The zero-order valence-electron chi connectivity index (χ0n) is 19.7. The van der Waals surface area contributed by atoms with Crippen molar-refractivity contribution in [2.45, 2.75) is 39.7 Å². The summed E-state index contributed by atoms with van der Waals surface area (Å²) >= 11 is 0. The molecule has 35 heavy (non-hydrogen) atoms. The number of amides is 1. The van der Waals surface area contributed by atoms with Crippen LogP contribution in [0.2, 0.25) is 0 Å². The number of carbonyl (C=O) groups is 2. The van der Waals surface area contributed by atoms with Crippen molar-refractivity contribution in [2.24, 2.45) is 5.41 Å². The number of aromatic nitrogens is 2. The standard InChI is InChI=1S/C26H25N5O4/c1-15-4-8-17(9-5-15)28-25(33)19-14-27-30-23(16-6-10-18(11-7-16)31(34)35)22-20(29-24(19)30)12-26(2,3)13-21(22)32/h4-11,14,23,29H,12-13H2,1-3H3,(H,28,33)/t23-/m0/s1. The van der Waals surface area contributed by atoms with Gasteiger partial charge in [-0.1, -0.05) is 31.5 Å². The molecule has 0 fully saturated rings. The number of carbonyl (C=O) groups excluding carboxylic acids is 2. The molecule has 9 heteroatoms. The van der Waals surface area contributed by atoms with Crippen molar-refractivity contribution >= 4 is 28.9 Å². The Bertz CT molecular complexity index is 1380. The van der Waals surface area contributed by atoms with Crippen molar-refractivity contribution in [3.63, 3.8) is 0 Å². The van der Waals surface area contributed by atoms with Crippen LogP contribution in [0.15, 0.2) is 66.0 Å². The third-order valence-corrected chi connectivity index (χ3v) is 6.48. The summed E-state index contributed by atoms with van der Waals surface area (Å²) < 4.78 is 1.63. The van der Waals surface area contributed by atoms with Crippen molar-refractivity contribution in [2.75, 3.05) is 10.6 Å². The van der Waals surface area contributed by atoms with Gasteiger partial charge in [-0.3, -0.25) is 19.7 Å². The van der Waals surface area contributed by atoms with Gasteiger partial charge in [-0.05, 0) is 48.6 Å². The van der Waals surface area contributed by atoms with Gasteiger partial charge in [0, 0.05) is 35.5 Å². The minimum Gasteiger partial charge on any atom is -0.343 e. The molecular weight excluding hydrogens is 446 g/mol. The second kappa shape index (κ2) is 8.19. The van der Waals surface area contributed by atoms with E-state index in [1.54, 1.807) is 16.8 Å². The van der Waals surface area contributed by atoms with E-state index in [1.807, 2.05) is 45.0 Å². The molecule has 5 rings (SSSR count). The lowest BCUT2D eigenvalue weighted by Crippen LogP contribution is -2.37. The van der Waals surface area contributed by atoms with Crippen LogP contribution < -0.4 is 10.6 Å². The summed E-state index contributed by atoms with van der Waals surface area (Å²) in [5.74, 6) is 0.164. The highest BCUT2D eigenvalue weighted by Gasteiger charge is 2.42. The quantitative estimate of drug-likeness (QED) is 0.408. The average Bonchev–Trinajstić information content (AvgIpc) is 3.22. The van der Waals surface area contributed by atoms with Gasteiger partial charge in [0.2, 0.25) is 0 Å². The van der Waals surface area contributed by atoms with E-state index in [0.717, 1.165) is 11.3 Å². The Hall–Kier alpha value is -4.27. The van der Waals surface area contributed by atoms with Crippen molar-refractivity contribution in [3.05, 3.63) is 92.8 Å². The Morgan fingerprint density at radius 1 is 1.14 bits per heavy atom. The number of nitrogens with one attached hydrogen (secondary N) is 2. The monoisotopic (exact) mass is 471 g/mol. The van der Waals surface area contributed by atoms with Crippen LogP contribution in [0.3, 0.4) is 0 Å².